The van der Waals surface area contributed by atoms with Crippen molar-refractivity contribution in [2.75, 3.05) is 7.05 Å². The third-order valence-electron chi connectivity index (χ3n) is 3.45. The zero-order valence-electron chi connectivity index (χ0n) is 13.4. The summed E-state index contributed by atoms with van der Waals surface area (Å²) in [6, 6.07) is 6.65. The molecule has 0 fully saturated rings. The van der Waals surface area contributed by atoms with E-state index in [9.17, 15) is 8.78 Å². The van der Waals surface area contributed by atoms with Crippen molar-refractivity contribution in [1.29, 1.82) is 0 Å². The second-order valence-electron chi connectivity index (χ2n) is 5.06. The number of azo groups is 1. The fourth-order valence-electron chi connectivity index (χ4n) is 2.20. The third-order valence-corrected chi connectivity index (χ3v) is 3.45. The molecule has 0 saturated carbocycles. The molecule has 0 N–H and O–H groups in total. The number of nitrogens with zero attached hydrogens (tertiary/aromatic N) is 5. The van der Waals surface area contributed by atoms with E-state index in [4.69, 9.17) is 4.52 Å². The lowest BCUT2D eigenvalue weighted by molar-refractivity contribution is 0.407. The van der Waals surface area contributed by atoms with Crippen LogP contribution in [0.15, 0.2) is 57.5 Å². The number of rotatable bonds is 4. The first-order valence-corrected chi connectivity index (χ1v) is 7.30. The van der Waals surface area contributed by atoms with Crippen LogP contribution in [-0.4, -0.2) is 22.2 Å². The molecule has 8 heteroatoms. The van der Waals surface area contributed by atoms with Crippen molar-refractivity contribution in [1.82, 2.24) is 15.1 Å². The summed E-state index contributed by atoms with van der Waals surface area (Å²) in [7, 11) is 1.50. The van der Waals surface area contributed by atoms with Crippen LogP contribution in [-0.2, 0) is 0 Å². The molecule has 2 heterocycles. The third kappa shape index (κ3) is 3.47. The fourth-order valence-corrected chi connectivity index (χ4v) is 2.20. The van der Waals surface area contributed by atoms with Crippen LogP contribution in [0.5, 0.6) is 0 Å². The van der Waals surface area contributed by atoms with Crippen molar-refractivity contribution in [2.45, 2.75) is 6.92 Å². The molecule has 1 aromatic carbocycles. The Bertz CT molecular complexity index is 951. The Morgan fingerprint density at radius 1 is 1.20 bits per heavy atom. The van der Waals surface area contributed by atoms with E-state index < -0.39 is 11.6 Å². The highest BCUT2D eigenvalue weighted by atomic mass is 19.1. The van der Waals surface area contributed by atoms with Crippen LogP contribution in [0.1, 0.15) is 18.4 Å². The molecule has 0 atom stereocenters. The molecule has 0 bridgehead atoms. The van der Waals surface area contributed by atoms with E-state index in [-0.39, 0.29) is 17.3 Å². The van der Waals surface area contributed by atoms with Crippen LogP contribution >= 0.6 is 0 Å². The molecule has 3 aromatic rings. The molecule has 0 radical (unpaired) electrons. The van der Waals surface area contributed by atoms with Crippen LogP contribution in [0.4, 0.5) is 8.78 Å². The maximum Gasteiger partial charge on any atom is 0.279 e. The molecule has 6 nitrogen and oxygen atoms in total. The highest BCUT2D eigenvalue weighted by molar-refractivity contribution is 5.86. The molecular weight excluding hydrogens is 328 g/mol. The van der Waals surface area contributed by atoms with Gasteiger partial charge in [-0.15, -0.1) is 0 Å². The number of halogens is 2. The first-order valence-electron chi connectivity index (χ1n) is 7.30. The van der Waals surface area contributed by atoms with Gasteiger partial charge in [-0.3, -0.25) is 4.98 Å². The maximum atomic E-state index is 13.9. The molecule has 0 amide bonds. The van der Waals surface area contributed by atoms with Gasteiger partial charge in [0.1, 0.15) is 11.6 Å². The topological polar surface area (TPSA) is 76.5 Å². The summed E-state index contributed by atoms with van der Waals surface area (Å²) in [5.41, 5.74) is 1.73. The van der Waals surface area contributed by atoms with Gasteiger partial charge in [-0.1, -0.05) is 11.2 Å². The lowest BCUT2D eigenvalue weighted by atomic mass is 10.1. The SMILES string of the molecule is C/N=N\C(=C(/C)c1cccnc1)c1nc(-c2cc(F)ccc2F)no1. The molecule has 3 rings (SSSR count). The van der Waals surface area contributed by atoms with Crippen molar-refractivity contribution in [3.63, 3.8) is 0 Å². The van der Waals surface area contributed by atoms with E-state index >= 15 is 0 Å². The van der Waals surface area contributed by atoms with Crippen molar-refractivity contribution in [3.05, 3.63) is 65.8 Å². The molecule has 0 spiro atoms. The van der Waals surface area contributed by atoms with Gasteiger partial charge in [-0.25, -0.2) is 8.78 Å². The summed E-state index contributed by atoms with van der Waals surface area (Å²) in [6.45, 7) is 1.80. The number of hydrogen-bond donors (Lipinski definition) is 0. The van der Waals surface area contributed by atoms with Crippen LogP contribution in [0, 0.1) is 11.6 Å². The van der Waals surface area contributed by atoms with Crippen molar-refractivity contribution in [2.24, 2.45) is 10.2 Å². The second-order valence-corrected chi connectivity index (χ2v) is 5.06. The van der Waals surface area contributed by atoms with Gasteiger partial charge in [0, 0.05) is 19.4 Å². The first kappa shape index (κ1) is 16.6. The van der Waals surface area contributed by atoms with Crippen molar-refractivity contribution >= 4 is 11.3 Å². The quantitative estimate of drug-likeness (QED) is 0.660. The molecule has 25 heavy (non-hydrogen) atoms. The number of pyridine rings is 1. The van der Waals surface area contributed by atoms with Gasteiger partial charge < -0.3 is 4.52 Å². The Balaban J connectivity index is 2.08. The minimum atomic E-state index is -0.652. The van der Waals surface area contributed by atoms with Gasteiger partial charge in [-0.2, -0.15) is 15.2 Å². The predicted octanol–water partition coefficient (Wildman–Crippen LogP) is 4.38. The van der Waals surface area contributed by atoms with Crippen LogP contribution in [0.3, 0.4) is 0 Å². The Labute approximate surface area is 141 Å². The number of benzene rings is 1. The average Bonchev–Trinajstić information content (AvgIpc) is 3.11. The standard InChI is InChI=1S/C17H13F2N5O/c1-10(11-4-3-7-21-9-11)15(23-20-2)17-22-16(24-25-17)13-8-12(18)5-6-14(13)19/h3-9H,1-2H3/b15-10+,23-20-. The molecule has 0 unspecified atom stereocenters. The lowest BCUT2D eigenvalue weighted by Crippen LogP contribution is -1.91. The minimum Gasteiger partial charge on any atom is -0.332 e. The Morgan fingerprint density at radius 2 is 2.04 bits per heavy atom. The number of hydrogen-bond acceptors (Lipinski definition) is 6. The predicted molar refractivity (Wildman–Crippen MR) is 87.2 cm³/mol. The maximum absolute atomic E-state index is 13.9. The molecule has 0 aliphatic heterocycles. The summed E-state index contributed by atoms with van der Waals surface area (Å²) in [6.07, 6.45) is 3.30. The van der Waals surface area contributed by atoms with Crippen LogP contribution in [0.25, 0.3) is 22.7 Å². The smallest absolute Gasteiger partial charge is 0.279 e. The zero-order chi connectivity index (χ0) is 17.8. The van der Waals surface area contributed by atoms with Gasteiger partial charge in [0.25, 0.3) is 5.89 Å². The van der Waals surface area contributed by atoms with Gasteiger partial charge in [-0.05, 0) is 42.3 Å². The van der Waals surface area contributed by atoms with Crippen LogP contribution in [0.2, 0.25) is 0 Å². The number of allylic oxidation sites excluding steroid dienone is 1. The Kier molecular flexibility index (Phi) is 4.69. The normalized spacial score (nSPS) is 12.5. The molecular formula is C17H13F2N5O. The van der Waals surface area contributed by atoms with E-state index in [1.807, 2.05) is 6.07 Å². The van der Waals surface area contributed by atoms with E-state index in [1.54, 1.807) is 25.4 Å². The van der Waals surface area contributed by atoms with E-state index in [2.05, 4.69) is 25.4 Å². The number of aromatic nitrogens is 3. The zero-order valence-corrected chi connectivity index (χ0v) is 13.4. The summed E-state index contributed by atoms with van der Waals surface area (Å²) in [5.74, 6) is -1.28. The summed E-state index contributed by atoms with van der Waals surface area (Å²) in [5, 5.41) is 11.5. The average molecular weight is 341 g/mol. The van der Waals surface area contributed by atoms with E-state index in [0.29, 0.717) is 11.3 Å². The molecule has 0 saturated heterocycles. The van der Waals surface area contributed by atoms with Crippen molar-refractivity contribution in [3.8, 4) is 11.4 Å². The fraction of sp³-hybridized carbons (Fsp3) is 0.118. The van der Waals surface area contributed by atoms with Gasteiger partial charge in [0.2, 0.25) is 5.82 Å². The minimum absolute atomic E-state index is 0.0469. The van der Waals surface area contributed by atoms with Crippen molar-refractivity contribution < 1.29 is 13.3 Å². The lowest BCUT2D eigenvalue weighted by Gasteiger charge is -2.03. The molecule has 126 valence electrons. The van der Waals surface area contributed by atoms with Gasteiger partial charge in [0.15, 0.2) is 5.70 Å². The molecule has 2 aromatic heterocycles. The highest BCUT2D eigenvalue weighted by Crippen LogP contribution is 2.28. The van der Waals surface area contributed by atoms with E-state index in [1.165, 1.54) is 7.05 Å². The summed E-state index contributed by atoms with van der Waals surface area (Å²) >= 11 is 0. The molecule has 0 aliphatic carbocycles. The van der Waals surface area contributed by atoms with Gasteiger partial charge in [0.05, 0.1) is 5.56 Å². The van der Waals surface area contributed by atoms with E-state index in [0.717, 1.165) is 23.8 Å². The Hall–Kier alpha value is -3.29. The van der Waals surface area contributed by atoms with Crippen LogP contribution < -0.4 is 0 Å². The second kappa shape index (κ2) is 7.08. The Morgan fingerprint density at radius 3 is 2.76 bits per heavy atom. The largest absolute Gasteiger partial charge is 0.332 e. The summed E-state index contributed by atoms with van der Waals surface area (Å²) in [4.78, 5) is 8.18. The first-order chi connectivity index (χ1) is 12.1. The van der Waals surface area contributed by atoms with Gasteiger partial charge >= 0.3 is 0 Å². The molecule has 0 aliphatic rings. The summed E-state index contributed by atoms with van der Waals surface area (Å²) < 4.78 is 32.4. The highest BCUT2D eigenvalue weighted by Gasteiger charge is 2.18. The monoisotopic (exact) mass is 341 g/mol.